The summed E-state index contributed by atoms with van der Waals surface area (Å²) in [6.07, 6.45) is 7.33. The molecule has 0 radical (unpaired) electrons. The Balaban J connectivity index is 1.50. The maximum atomic E-state index is 12.5. The molecule has 8 nitrogen and oxygen atoms in total. The molecule has 1 aromatic carbocycles. The minimum absolute atomic E-state index is 0.0318. The van der Waals surface area contributed by atoms with Crippen LogP contribution >= 0.6 is 0 Å². The number of rotatable bonds is 5. The monoisotopic (exact) mass is 359 g/mol. The highest BCUT2D eigenvalue weighted by molar-refractivity contribution is 5.95. The quantitative estimate of drug-likeness (QED) is 0.638. The first-order valence-electron chi connectivity index (χ1n) is 9.06. The maximum Gasteiger partial charge on any atom is 0.277 e. The van der Waals surface area contributed by atoms with Crippen molar-refractivity contribution in [2.45, 2.75) is 38.5 Å². The lowest BCUT2D eigenvalue weighted by Crippen LogP contribution is -2.51. The Hall–Kier alpha value is -2.51. The number of non-ortho nitro benzene ring substituents is 2. The molecule has 1 amide bonds. The maximum absolute atomic E-state index is 12.5. The molecule has 0 heterocycles. The lowest BCUT2D eigenvalue weighted by molar-refractivity contribution is -0.394. The first-order valence-corrected chi connectivity index (χ1v) is 9.06. The summed E-state index contributed by atoms with van der Waals surface area (Å²) in [7, 11) is 0. The third kappa shape index (κ3) is 3.04. The lowest BCUT2D eigenvalue weighted by Gasteiger charge is -2.56. The molecule has 138 valence electrons. The molecule has 26 heavy (non-hydrogen) atoms. The van der Waals surface area contributed by atoms with Crippen molar-refractivity contribution in [3.05, 3.63) is 44.0 Å². The van der Waals surface area contributed by atoms with E-state index in [2.05, 4.69) is 5.32 Å². The SMILES string of the molecule is O=C(NCC12CC3CC(CC(C3)C1)C2)c1cc([N+](=O)[O-])cc([N+](=O)[O-])c1. The minimum atomic E-state index is -0.719. The van der Waals surface area contributed by atoms with Crippen LogP contribution in [0.5, 0.6) is 0 Å². The second-order valence-electron chi connectivity index (χ2n) is 8.35. The van der Waals surface area contributed by atoms with E-state index < -0.39 is 27.1 Å². The zero-order chi connectivity index (χ0) is 18.5. The van der Waals surface area contributed by atoms with Gasteiger partial charge < -0.3 is 5.32 Å². The van der Waals surface area contributed by atoms with Gasteiger partial charge in [-0.15, -0.1) is 0 Å². The van der Waals surface area contributed by atoms with Crippen molar-refractivity contribution in [3.63, 3.8) is 0 Å². The van der Waals surface area contributed by atoms with Crippen molar-refractivity contribution in [3.8, 4) is 0 Å². The Kier molecular flexibility index (Phi) is 3.93. The van der Waals surface area contributed by atoms with Gasteiger partial charge in [-0.3, -0.25) is 25.0 Å². The van der Waals surface area contributed by atoms with Gasteiger partial charge in [-0.2, -0.15) is 0 Å². The number of nitro groups is 2. The molecule has 4 aliphatic carbocycles. The van der Waals surface area contributed by atoms with Crippen molar-refractivity contribution in [1.29, 1.82) is 0 Å². The summed E-state index contributed by atoms with van der Waals surface area (Å²) in [6, 6.07) is 3.07. The van der Waals surface area contributed by atoms with Crippen LogP contribution in [-0.2, 0) is 0 Å². The molecule has 4 bridgehead atoms. The molecule has 0 spiro atoms. The summed E-state index contributed by atoms with van der Waals surface area (Å²) in [5.74, 6) is 1.80. The van der Waals surface area contributed by atoms with Crippen molar-refractivity contribution >= 4 is 17.3 Å². The highest BCUT2D eigenvalue weighted by Crippen LogP contribution is 2.59. The number of nitrogens with one attached hydrogen (secondary N) is 1. The summed E-state index contributed by atoms with van der Waals surface area (Å²) in [5, 5.41) is 24.9. The molecule has 0 atom stereocenters. The zero-order valence-electron chi connectivity index (χ0n) is 14.3. The first-order chi connectivity index (χ1) is 12.3. The standard InChI is InChI=1S/C18H21N3O5/c22-17(14-4-15(20(23)24)6-16(5-14)21(25)26)19-10-18-7-11-1-12(8-18)3-13(2-11)9-18/h4-6,11-13H,1-3,7-10H2,(H,19,22). The highest BCUT2D eigenvalue weighted by Gasteiger charge is 2.50. The van der Waals surface area contributed by atoms with Gasteiger partial charge >= 0.3 is 0 Å². The highest BCUT2D eigenvalue weighted by atomic mass is 16.6. The first kappa shape index (κ1) is 16.9. The van der Waals surface area contributed by atoms with Crippen LogP contribution in [0.4, 0.5) is 11.4 Å². The van der Waals surface area contributed by atoms with Gasteiger partial charge in [0, 0.05) is 18.7 Å². The fraction of sp³-hybridized carbons (Fsp3) is 0.611. The summed E-state index contributed by atoms with van der Waals surface area (Å²) in [5.41, 5.74) is -0.786. The number of carbonyl (C=O) groups is 1. The van der Waals surface area contributed by atoms with Crippen LogP contribution in [0.3, 0.4) is 0 Å². The summed E-state index contributed by atoms with van der Waals surface area (Å²) in [6.45, 7) is 0.547. The Morgan fingerprint density at radius 1 is 0.962 bits per heavy atom. The normalized spacial score (nSPS) is 31.6. The van der Waals surface area contributed by atoms with E-state index in [1.165, 1.54) is 19.3 Å². The predicted octanol–water partition coefficient (Wildman–Crippen LogP) is 3.45. The molecular formula is C18H21N3O5. The van der Waals surface area contributed by atoms with E-state index in [4.69, 9.17) is 0 Å². The van der Waals surface area contributed by atoms with Gasteiger partial charge in [0.1, 0.15) is 0 Å². The Morgan fingerprint density at radius 3 is 1.85 bits per heavy atom. The fourth-order valence-electron chi connectivity index (χ4n) is 5.81. The molecular weight excluding hydrogens is 338 g/mol. The lowest BCUT2D eigenvalue weighted by atomic mass is 9.49. The predicted molar refractivity (Wildman–Crippen MR) is 92.7 cm³/mol. The summed E-state index contributed by atoms with van der Waals surface area (Å²) >= 11 is 0. The zero-order valence-corrected chi connectivity index (χ0v) is 14.3. The molecule has 0 unspecified atom stereocenters. The van der Waals surface area contributed by atoms with Gasteiger partial charge in [0.05, 0.1) is 21.5 Å². The largest absolute Gasteiger partial charge is 0.351 e. The van der Waals surface area contributed by atoms with E-state index in [0.717, 1.165) is 55.2 Å². The van der Waals surface area contributed by atoms with Gasteiger partial charge in [-0.1, -0.05) is 0 Å². The van der Waals surface area contributed by atoms with Crippen molar-refractivity contribution in [2.75, 3.05) is 6.54 Å². The molecule has 4 fully saturated rings. The number of carbonyl (C=O) groups excluding carboxylic acids is 1. The van der Waals surface area contributed by atoms with Crippen LogP contribution in [0.25, 0.3) is 0 Å². The van der Waals surface area contributed by atoms with Gasteiger partial charge in [-0.25, -0.2) is 0 Å². The minimum Gasteiger partial charge on any atom is -0.351 e. The second kappa shape index (κ2) is 6.03. The third-order valence-electron chi connectivity index (χ3n) is 6.38. The molecule has 8 heteroatoms. The van der Waals surface area contributed by atoms with Crippen LogP contribution in [0.1, 0.15) is 48.9 Å². The molecule has 0 aromatic heterocycles. The summed E-state index contributed by atoms with van der Waals surface area (Å²) in [4.78, 5) is 33.1. The van der Waals surface area contributed by atoms with Gasteiger partial charge in [0.25, 0.3) is 17.3 Å². The van der Waals surface area contributed by atoms with Gasteiger partial charge in [0.15, 0.2) is 0 Å². The van der Waals surface area contributed by atoms with Crippen molar-refractivity contribution < 1.29 is 14.6 Å². The average molecular weight is 359 g/mol. The molecule has 1 N–H and O–H groups in total. The van der Waals surface area contributed by atoms with E-state index >= 15 is 0 Å². The molecule has 4 saturated carbocycles. The Labute approximate surface area is 150 Å². The van der Waals surface area contributed by atoms with E-state index in [1.54, 1.807) is 0 Å². The van der Waals surface area contributed by atoms with Crippen LogP contribution in [0.2, 0.25) is 0 Å². The van der Waals surface area contributed by atoms with E-state index in [1.807, 2.05) is 0 Å². The van der Waals surface area contributed by atoms with Gasteiger partial charge in [0.2, 0.25) is 0 Å². The Morgan fingerprint density at radius 2 is 1.42 bits per heavy atom. The molecule has 4 aliphatic rings. The molecule has 0 aliphatic heterocycles. The number of amides is 1. The van der Waals surface area contributed by atoms with Crippen LogP contribution in [0.15, 0.2) is 18.2 Å². The molecule has 5 rings (SSSR count). The number of nitro benzene ring substituents is 2. The number of hydrogen-bond acceptors (Lipinski definition) is 5. The van der Waals surface area contributed by atoms with Crippen molar-refractivity contribution in [1.82, 2.24) is 5.32 Å². The topological polar surface area (TPSA) is 115 Å². The van der Waals surface area contributed by atoms with E-state index in [-0.39, 0.29) is 11.0 Å². The van der Waals surface area contributed by atoms with Crippen LogP contribution in [0, 0.1) is 43.4 Å². The molecule has 1 aromatic rings. The van der Waals surface area contributed by atoms with E-state index in [0.29, 0.717) is 6.54 Å². The second-order valence-corrected chi connectivity index (χ2v) is 8.35. The fourth-order valence-corrected chi connectivity index (χ4v) is 5.81. The molecule has 0 saturated heterocycles. The third-order valence-corrected chi connectivity index (χ3v) is 6.38. The number of benzene rings is 1. The smallest absolute Gasteiger partial charge is 0.277 e. The summed E-state index contributed by atoms with van der Waals surface area (Å²) < 4.78 is 0. The number of hydrogen-bond donors (Lipinski definition) is 1. The average Bonchev–Trinajstić information content (AvgIpc) is 2.58. The van der Waals surface area contributed by atoms with Crippen LogP contribution < -0.4 is 5.32 Å². The number of nitrogens with zero attached hydrogens (tertiary/aromatic N) is 2. The van der Waals surface area contributed by atoms with Crippen LogP contribution in [-0.4, -0.2) is 22.3 Å². The van der Waals surface area contributed by atoms with E-state index in [9.17, 15) is 25.0 Å². The Bertz CT molecular complexity index is 723. The van der Waals surface area contributed by atoms with Crippen molar-refractivity contribution in [2.24, 2.45) is 23.2 Å². The van der Waals surface area contributed by atoms with Gasteiger partial charge in [-0.05, 0) is 61.7 Å².